The van der Waals surface area contributed by atoms with Crippen molar-refractivity contribution < 1.29 is 4.74 Å². The highest BCUT2D eigenvalue weighted by Gasteiger charge is 2.06. The van der Waals surface area contributed by atoms with E-state index in [9.17, 15) is 0 Å². The summed E-state index contributed by atoms with van der Waals surface area (Å²) in [5.41, 5.74) is 1.92. The van der Waals surface area contributed by atoms with Crippen molar-refractivity contribution in [1.29, 1.82) is 0 Å². The Kier molecular flexibility index (Phi) is 3.59. The third-order valence-electron chi connectivity index (χ3n) is 2.32. The van der Waals surface area contributed by atoms with Crippen LogP contribution < -0.4 is 4.74 Å². The van der Waals surface area contributed by atoms with Crippen LogP contribution in [0.25, 0.3) is 0 Å². The molecule has 0 spiro atoms. The topological polar surface area (TPSA) is 35.0 Å². The highest BCUT2D eigenvalue weighted by Crippen LogP contribution is 2.24. The quantitative estimate of drug-likeness (QED) is 0.829. The van der Waals surface area contributed by atoms with Crippen LogP contribution in [0.1, 0.15) is 18.3 Å². The van der Waals surface area contributed by atoms with Gasteiger partial charge in [0.05, 0.1) is 10.7 Å². The third-order valence-corrected chi connectivity index (χ3v) is 2.54. The van der Waals surface area contributed by atoms with Crippen molar-refractivity contribution in [1.82, 2.24) is 9.97 Å². The maximum Gasteiger partial charge on any atom is 0.219 e. The van der Waals surface area contributed by atoms with Crippen molar-refractivity contribution in [3.63, 3.8) is 0 Å². The Balaban J connectivity index is 2.26. The first kappa shape index (κ1) is 11.9. The fraction of sp³-hybridized carbons (Fsp3) is 0.231. The molecule has 2 rings (SSSR count). The van der Waals surface area contributed by atoms with Gasteiger partial charge in [-0.15, -0.1) is 0 Å². The standard InChI is InChI=1S/C13H13ClN2O/c1-3-11-12(6-4-9(2)16-11)17-13-7-5-10(14)8-15-13/h4-8H,3H2,1-2H3. The average molecular weight is 249 g/mol. The zero-order valence-corrected chi connectivity index (χ0v) is 10.5. The maximum atomic E-state index is 5.76. The van der Waals surface area contributed by atoms with Crippen molar-refractivity contribution in [2.24, 2.45) is 0 Å². The van der Waals surface area contributed by atoms with Gasteiger partial charge in [-0.2, -0.15) is 0 Å². The van der Waals surface area contributed by atoms with Crippen LogP contribution in [-0.4, -0.2) is 9.97 Å². The molecule has 88 valence electrons. The summed E-state index contributed by atoms with van der Waals surface area (Å²) < 4.78 is 5.68. The number of halogens is 1. The molecule has 0 aliphatic rings. The molecule has 0 radical (unpaired) electrons. The van der Waals surface area contributed by atoms with Crippen LogP contribution in [-0.2, 0) is 6.42 Å². The van der Waals surface area contributed by atoms with Crippen LogP contribution >= 0.6 is 11.6 Å². The van der Waals surface area contributed by atoms with Crippen molar-refractivity contribution in [3.8, 4) is 11.6 Å². The monoisotopic (exact) mass is 248 g/mol. The van der Waals surface area contributed by atoms with Crippen LogP contribution in [0.15, 0.2) is 30.5 Å². The lowest BCUT2D eigenvalue weighted by atomic mass is 10.2. The summed E-state index contributed by atoms with van der Waals surface area (Å²) in [6.07, 6.45) is 2.38. The molecule has 2 heterocycles. The summed E-state index contributed by atoms with van der Waals surface area (Å²) in [6.45, 7) is 4.01. The van der Waals surface area contributed by atoms with Gasteiger partial charge in [-0.05, 0) is 31.5 Å². The molecule has 0 saturated carbocycles. The molecule has 0 bridgehead atoms. The number of rotatable bonds is 3. The van der Waals surface area contributed by atoms with Gasteiger partial charge in [0, 0.05) is 18.0 Å². The number of hydrogen-bond donors (Lipinski definition) is 0. The molecular weight excluding hydrogens is 236 g/mol. The Morgan fingerprint density at radius 1 is 1.24 bits per heavy atom. The van der Waals surface area contributed by atoms with Gasteiger partial charge in [-0.25, -0.2) is 4.98 Å². The number of nitrogens with zero attached hydrogens (tertiary/aromatic N) is 2. The molecule has 2 aromatic rings. The lowest BCUT2D eigenvalue weighted by Crippen LogP contribution is -1.96. The van der Waals surface area contributed by atoms with E-state index in [1.165, 1.54) is 0 Å². The molecule has 0 aliphatic carbocycles. The minimum absolute atomic E-state index is 0.523. The van der Waals surface area contributed by atoms with E-state index in [0.29, 0.717) is 10.9 Å². The Bertz CT molecular complexity index is 511. The molecule has 0 amide bonds. The normalized spacial score (nSPS) is 10.3. The summed E-state index contributed by atoms with van der Waals surface area (Å²) in [5.74, 6) is 1.27. The molecule has 17 heavy (non-hydrogen) atoms. The van der Waals surface area contributed by atoms with Crippen LogP contribution in [0.2, 0.25) is 5.02 Å². The molecule has 0 unspecified atom stereocenters. The van der Waals surface area contributed by atoms with Crippen LogP contribution in [0.5, 0.6) is 11.6 Å². The molecule has 0 atom stereocenters. The fourth-order valence-corrected chi connectivity index (χ4v) is 1.59. The molecule has 0 saturated heterocycles. The Morgan fingerprint density at radius 3 is 2.71 bits per heavy atom. The van der Waals surface area contributed by atoms with Gasteiger partial charge < -0.3 is 4.74 Å². The van der Waals surface area contributed by atoms with Gasteiger partial charge in [0.25, 0.3) is 0 Å². The van der Waals surface area contributed by atoms with E-state index in [4.69, 9.17) is 16.3 Å². The lowest BCUT2D eigenvalue weighted by molar-refractivity contribution is 0.454. The highest BCUT2D eigenvalue weighted by atomic mass is 35.5. The molecular formula is C13H13ClN2O. The summed E-state index contributed by atoms with van der Waals surface area (Å²) in [7, 11) is 0. The predicted octanol–water partition coefficient (Wildman–Crippen LogP) is 3.79. The molecule has 4 heteroatoms. The van der Waals surface area contributed by atoms with Crippen molar-refractivity contribution >= 4 is 11.6 Å². The number of aryl methyl sites for hydroxylation is 2. The number of hydrogen-bond acceptors (Lipinski definition) is 3. The first-order chi connectivity index (χ1) is 8.19. The minimum atomic E-state index is 0.523. The third kappa shape index (κ3) is 2.94. The molecule has 3 nitrogen and oxygen atoms in total. The maximum absolute atomic E-state index is 5.76. The predicted molar refractivity (Wildman–Crippen MR) is 67.7 cm³/mol. The molecule has 0 aromatic carbocycles. The lowest BCUT2D eigenvalue weighted by Gasteiger charge is -2.09. The fourth-order valence-electron chi connectivity index (χ4n) is 1.48. The van der Waals surface area contributed by atoms with E-state index in [0.717, 1.165) is 23.6 Å². The Hall–Kier alpha value is -1.61. The summed E-state index contributed by atoms with van der Waals surface area (Å²) >= 11 is 5.76. The zero-order valence-electron chi connectivity index (χ0n) is 9.77. The van der Waals surface area contributed by atoms with Gasteiger partial charge in [0.15, 0.2) is 5.75 Å². The van der Waals surface area contributed by atoms with Crippen molar-refractivity contribution in [3.05, 3.63) is 46.9 Å². The van der Waals surface area contributed by atoms with Crippen LogP contribution in [0.3, 0.4) is 0 Å². The van der Waals surface area contributed by atoms with Gasteiger partial charge in [0.1, 0.15) is 0 Å². The number of aromatic nitrogens is 2. The molecule has 2 aromatic heterocycles. The largest absolute Gasteiger partial charge is 0.437 e. The first-order valence-electron chi connectivity index (χ1n) is 5.45. The van der Waals surface area contributed by atoms with Crippen LogP contribution in [0, 0.1) is 6.92 Å². The number of ether oxygens (including phenoxy) is 1. The van der Waals surface area contributed by atoms with E-state index in [1.807, 2.05) is 26.0 Å². The van der Waals surface area contributed by atoms with E-state index < -0.39 is 0 Å². The minimum Gasteiger partial charge on any atom is -0.437 e. The van der Waals surface area contributed by atoms with Crippen molar-refractivity contribution in [2.75, 3.05) is 0 Å². The number of pyridine rings is 2. The summed E-state index contributed by atoms with van der Waals surface area (Å²) in [6, 6.07) is 7.32. The van der Waals surface area contributed by atoms with Crippen molar-refractivity contribution in [2.45, 2.75) is 20.3 Å². The van der Waals surface area contributed by atoms with Gasteiger partial charge in [0.2, 0.25) is 5.88 Å². The summed E-state index contributed by atoms with van der Waals surface area (Å²) in [5, 5.41) is 0.593. The second-order valence-corrected chi connectivity index (χ2v) is 4.10. The van der Waals surface area contributed by atoms with Gasteiger partial charge in [-0.3, -0.25) is 4.98 Å². The van der Waals surface area contributed by atoms with Crippen LogP contribution in [0.4, 0.5) is 0 Å². The Labute approximate surface area is 105 Å². The second kappa shape index (κ2) is 5.15. The van der Waals surface area contributed by atoms with Gasteiger partial charge in [-0.1, -0.05) is 18.5 Å². The van der Waals surface area contributed by atoms with E-state index in [1.54, 1.807) is 18.3 Å². The Morgan fingerprint density at radius 2 is 2.06 bits per heavy atom. The SMILES string of the molecule is CCc1nc(C)ccc1Oc1ccc(Cl)cn1. The van der Waals surface area contributed by atoms with E-state index in [-0.39, 0.29) is 0 Å². The highest BCUT2D eigenvalue weighted by molar-refractivity contribution is 6.30. The molecule has 0 aliphatic heterocycles. The molecule has 0 fully saturated rings. The van der Waals surface area contributed by atoms with E-state index >= 15 is 0 Å². The second-order valence-electron chi connectivity index (χ2n) is 3.67. The zero-order chi connectivity index (χ0) is 12.3. The smallest absolute Gasteiger partial charge is 0.219 e. The average Bonchev–Trinajstić information content (AvgIpc) is 2.34. The first-order valence-corrected chi connectivity index (χ1v) is 5.82. The van der Waals surface area contributed by atoms with Gasteiger partial charge >= 0.3 is 0 Å². The molecule has 0 N–H and O–H groups in total. The summed E-state index contributed by atoms with van der Waals surface area (Å²) in [4.78, 5) is 8.52. The van der Waals surface area contributed by atoms with E-state index in [2.05, 4.69) is 9.97 Å².